The first-order valence-electron chi connectivity index (χ1n) is 5.42. The second kappa shape index (κ2) is 7.34. The monoisotopic (exact) mass is 187 g/mol. The number of rotatable bonds is 7. The van der Waals surface area contributed by atoms with Crippen LogP contribution in [0.5, 0.6) is 0 Å². The maximum Gasteiger partial charge on any atom is 0.0594 e. The fourth-order valence-corrected chi connectivity index (χ4v) is 0.900. The first-order valence-corrected chi connectivity index (χ1v) is 5.42. The van der Waals surface area contributed by atoms with Gasteiger partial charge in [-0.05, 0) is 26.2 Å². The van der Waals surface area contributed by atoms with E-state index in [1.54, 1.807) is 0 Å². The van der Waals surface area contributed by atoms with Crippen molar-refractivity contribution in [2.45, 2.75) is 53.2 Å². The van der Waals surface area contributed by atoms with Crippen molar-refractivity contribution < 1.29 is 4.74 Å². The van der Waals surface area contributed by atoms with Crippen LogP contribution in [-0.2, 0) is 4.74 Å². The van der Waals surface area contributed by atoms with Crippen molar-refractivity contribution in [3.8, 4) is 0 Å². The minimum atomic E-state index is 0.399. The van der Waals surface area contributed by atoms with Gasteiger partial charge in [-0.3, -0.25) is 0 Å². The van der Waals surface area contributed by atoms with Gasteiger partial charge in [0.1, 0.15) is 0 Å². The molecule has 1 N–H and O–H groups in total. The quantitative estimate of drug-likeness (QED) is 0.618. The van der Waals surface area contributed by atoms with Crippen molar-refractivity contribution in [1.82, 2.24) is 5.32 Å². The van der Waals surface area contributed by atoms with Gasteiger partial charge in [-0.1, -0.05) is 20.8 Å². The van der Waals surface area contributed by atoms with Gasteiger partial charge in [0.05, 0.1) is 12.7 Å². The van der Waals surface area contributed by atoms with Crippen LogP contribution in [0.2, 0.25) is 0 Å². The number of hydrogen-bond acceptors (Lipinski definition) is 2. The van der Waals surface area contributed by atoms with Crippen LogP contribution >= 0.6 is 0 Å². The standard InChI is InChI=1S/C11H25NO/c1-6-10(4)13-8-7-12-11(5)9(2)3/h9-12H,6-8H2,1-5H3. The van der Waals surface area contributed by atoms with Crippen LogP contribution in [-0.4, -0.2) is 25.3 Å². The maximum absolute atomic E-state index is 5.56. The van der Waals surface area contributed by atoms with E-state index >= 15 is 0 Å². The number of hydrogen-bond donors (Lipinski definition) is 1. The molecule has 0 saturated carbocycles. The molecule has 0 amide bonds. The lowest BCUT2D eigenvalue weighted by Crippen LogP contribution is -2.33. The highest BCUT2D eigenvalue weighted by atomic mass is 16.5. The summed E-state index contributed by atoms with van der Waals surface area (Å²) < 4.78 is 5.56. The molecule has 0 aliphatic rings. The molecular weight excluding hydrogens is 162 g/mol. The predicted octanol–water partition coefficient (Wildman–Crippen LogP) is 2.44. The second-order valence-corrected chi connectivity index (χ2v) is 4.08. The van der Waals surface area contributed by atoms with Gasteiger partial charge in [0.15, 0.2) is 0 Å². The summed E-state index contributed by atoms with van der Waals surface area (Å²) in [5.74, 6) is 0.698. The van der Waals surface area contributed by atoms with Crippen LogP contribution in [0.25, 0.3) is 0 Å². The third-order valence-electron chi connectivity index (χ3n) is 2.55. The van der Waals surface area contributed by atoms with Gasteiger partial charge in [0.2, 0.25) is 0 Å². The zero-order chi connectivity index (χ0) is 10.3. The summed E-state index contributed by atoms with van der Waals surface area (Å²) in [5.41, 5.74) is 0. The van der Waals surface area contributed by atoms with Crippen molar-refractivity contribution >= 4 is 0 Å². The Bertz CT molecular complexity index is 115. The molecule has 0 spiro atoms. The zero-order valence-electron chi connectivity index (χ0n) is 9.76. The molecule has 2 atom stereocenters. The largest absolute Gasteiger partial charge is 0.377 e. The molecule has 80 valence electrons. The van der Waals surface area contributed by atoms with E-state index in [0.717, 1.165) is 19.6 Å². The Hall–Kier alpha value is -0.0800. The van der Waals surface area contributed by atoms with Crippen LogP contribution in [0, 0.1) is 5.92 Å². The minimum absolute atomic E-state index is 0.399. The zero-order valence-corrected chi connectivity index (χ0v) is 9.76. The lowest BCUT2D eigenvalue weighted by molar-refractivity contribution is 0.0638. The van der Waals surface area contributed by atoms with Crippen molar-refractivity contribution in [2.75, 3.05) is 13.2 Å². The molecule has 0 heterocycles. The van der Waals surface area contributed by atoms with Crippen LogP contribution in [0.3, 0.4) is 0 Å². The molecular formula is C11H25NO. The lowest BCUT2D eigenvalue weighted by Gasteiger charge is -2.18. The molecule has 0 aliphatic heterocycles. The average molecular weight is 187 g/mol. The molecule has 2 unspecified atom stereocenters. The highest BCUT2D eigenvalue weighted by Crippen LogP contribution is 1.99. The Kier molecular flexibility index (Phi) is 7.29. The number of nitrogens with one attached hydrogen (secondary N) is 1. The van der Waals surface area contributed by atoms with E-state index < -0.39 is 0 Å². The summed E-state index contributed by atoms with van der Waals surface area (Å²) in [4.78, 5) is 0. The van der Waals surface area contributed by atoms with E-state index in [-0.39, 0.29) is 0 Å². The molecule has 0 aliphatic carbocycles. The van der Waals surface area contributed by atoms with Crippen LogP contribution in [0.15, 0.2) is 0 Å². The fourth-order valence-electron chi connectivity index (χ4n) is 0.900. The summed E-state index contributed by atoms with van der Waals surface area (Å²) in [7, 11) is 0. The van der Waals surface area contributed by atoms with E-state index in [1.807, 2.05) is 0 Å². The van der Waals surface area contributed by atoms with Crippen LogP contribution < -0.4 is 5.32 Å². The van der Waals surface area contributed by atoms with Gasteiger partial charge in [0, 0.05) is 12.6 Å². The SMILES string of the molecule is CCC(C)OCCNC(C)C(C)C. The van der Waals surface area contributed by atoms with Gasteiger partial charge < -0.3 is 10.1 Å². The molecule has 2 heteroatoms. The smallest absolute Gasteiger partial charge is 0.0594 e. The fraction of sp³-hybridized carbons (Fsp3) is 1.00. The van der Waals surface area contributed by atoms with Crippen LogP contribution in [0.1, 0.15) is 41.0 Å². The lowest BCUT2D eigenvalue weighted by atomic mass is 10.1. The second-order valence-electron chi connectivity index (χ2n) is 4.08. The molecule has 0 saturated heterocycles. The predicted molar refractivity (Wildman–Crippen MR) is 58.0 cm³/mol. The van der Waals surface area contributed by atoms with E-state index in [1.165, 1.54) is 0 Å². The van der Waals surface area contributed by atoms with Gasteiger partial charge in [-0.25, -0.2) is 0 Å². The summed E-state index contributed by atoms with van der Waals surface area (Å²) in [6.45, 7) is 12.7. The summed E-state index contributed by atoms with van der Waals surface area (Å²) in [6.07, 6.45) is 1.50. The molecule has 0 rings (SSSR count). The van der Waals surface area contributed by atoms with Crippen molar-refractivity contribution in [1.29, 1.82) is 0 Å². The Morgan fingerprint density at radius 1 is 1.15 bits per heavy atom. The van der Waals surface area contributed by atoms with Gasteiger partial charge in [-0.2, -0.15) is 0 Å². The Morgan fingerprint density at radius 2 is 1.77 bits per heavy atom. The third-order valence-corrected chi connectivity index (χ3v) is 2.55. The summed E-state index contributed by atoms with van der Waals surface area (Å²) in [6, 6.07) is 0.584. The highest BCUT2D eigenvalue weighted by Gasteiger charge is 2.05. The third kappa shape index (κ3) is 7.03. The molecule has 0 aromatic heterocycles. The van der Waals surface area contributed by atoms with E-state index in [4.69, 9.17) is 4.74 Å². The molecule has 0 radical (unpaired) electrons. The molecule has 0 bridgehead atoms. The maximum atomic E-state index is 5.56. The average Bonchev–Trinajstić information content (AvgIpc) is 2.11. The van der Waals surface area contributed by atoms with Crippen LogP contribution in [0.4, 0.5) is 0 Å². The Morgan fingerprint density at radius 3 is 2.23 bits per heavy atom. The van der Waals surface area contributed by atoms with Gasteiger partial charge >= 0.3 is 0 Å². The van der Waals surface area contributed by atoms with Crippen molar-refractivity contribution in [3.63, 3.8) is 0 Å². The summed E-state index contributed by atoms with van der Waals surface area (Å²) >= 11 is 0. The van der Waals surface area contributed by atoms with E-state index in [9.17, 15) is 0 Å². The molecule has 13 heavy (non-hydrogen) atoms. The first kappa shape index (κ1) is 12.9. The number of ether oxygens (including phenoxy) is 1. The molecule has 0 fully saturated rings. The first-order chi connectivity index (χ1) is 6.07. The van der Waals surface area contributed by atoms with E-state index in [0.29, 0.717) is 18.1 Å². The topological polar surface area (TPSA) is 21.3 Å². The highest BCUT2D eigenvalue weighted by molar-refractivity contribution is 4.63. The molecule has 0 aromatic carbocycles. The van der Waals surface area contributed by atoms with Gasteiger partial charge in [-0.15, -0.1) is 0 Å². The Balaban J connectivity index is 3.25. The summed E-state index contributed by atoms with van der Waals surface area (Å²) in [5, 5.41) is 3.44. The van der Waals surface area contributed by atoms with Crippen molar-refractivity contribution in [2.24, 2.45) is 5.92 Å². The normalized spacial score (nSPS) is 16.2. The minimum Gasteiger partial charge on any atom is -0.377 e. The van der Waals surface area contributed by atoms with Crippen molar-refractivity contribution in [3.05, 3.63) is 0 Å². The Labute approximate surface area is 83.1 Å². The molecule has 0 aromatic rings. The van der Waals surface area contributed by atoms with E-state index in [2.05, 4.69) is 39.9 Å². The van der Waals surface area contributed by atoms with Gasteiger partial charge in [0.25, 0.3) is 0 Å². The molecule has 2 nitrogen and oxygen atoms in total.